The number of carbonyl (C=O) groups is 6. The van der Waals surface area contributed by atoms with Crippen molar-refractivity contribution < 1.29 is 95.1 Å². The van der Waals surface area contributed by atoms with E-state index in [4.69, 9.17) is 66.3 Å². The standard InChI is InChI=1S/C78H98N4O20/c1-13-57(53-43-67(93-7)73(97-11)68(44-53)94-8)75(85)81-37-17-15-25-59(81)77(87)101-61(31-27-49-29-33-63(89-3)65(39-49)91-5)51-21-19-23-55(41-51)99-47-71(83)79-35-36-80-72(84)48-100-56-24-20-22-52(42-56)62(32-28-50-30-34-64(90-4)66(40-50)92-6)102-78(88)60-26-16-18-38-82(60)76(86)58(14-2)54-45-69(95-9)74(98-12)70(46-54)96-10/h19-24,29-30,33-34,39-46,57-62H,13-18,25-28,31-32,35-38,47-48H2,1-12H3,(H,79,83)(H,80,84)/t57-,58-,59+,60+,61+,62+/m0/s1. The van der Waals surface area contributed by atoms with Crippen LogP contribution in [-0.4, -0.2) is 168 Å². The molecule has 0 bridgehead atoms. The number of methoxy groups -OCH3 is 10. The predicted octanol–water partition coefficient (Wildman–Crippen LogP) is 11.0. The van der Waals surface area contributed by atoms with E-state index in [0.717, 1.165) is 11.1 Å². The van der Waals surface area contributed by atoms with E-state index in [2.05, 4.69) is 10.6 Å². The summed E-state index contributed by atoms with van der Waals surface area (Å²) in [6.07, 6.45) is 4.54. The van der Waals surface area contributed by atoms with E-state index < -0.39 is 59.9 Å². The highest BCUT2D eigenvalue weighted by Gasteiger charge is 2.40. The van der Waals surface area contributed by atoms with E-state index in [0.29, 0.717) is 181 Å². The molecule has 8 rings (SSSR count). The fourth-order valence-corrected chi connectivity index (χ4v) is 13.1. The van der Waals surface area contributed by atoms with Gasteiger partial charge in [-0.3, -0.25) is 19.2 Å². The van der Waals surface area contributed by atoms with Crippen LogP contribution in [0.3, 0.4) is 0 Å². The summed E-state index contributed by atoms with van der Waals surface area (Å²) in [6.45, 7) is 3.97. The molecule has 2 fully saturated rings. The van der Waals surface area contributed by atoms with Crippen LogP contribution in [-0.2, 0) is 51.1 Å². The van der Waals surface area contributed by atoms with Gasteiger partial charge < -0.3 is 86.7 Å². The first-order chi connectivity index (χ1) is 49.5. The highest BCUT2D eigenvalue weighted by molar-refractivity contribution is 5.90. The Balaban J connectivity index is 0.885. The van der Waals surface area contributed by atoms with Crippen LogP contribution in [0.1, 0.15) is 135 Å². The Morgan fingerprint density at radius 3 is 1.11 bits per heavy atom. The Kier molecular flexibility index (Phi) is 29.3. The van der Waals surface area contributed by atoms with Crippen LogP contribution in [0, 0.1) is 0 Å². The molecule has 2 aliphatic heterocycles. The topological polar surface area (TPSA) is 262 Å². The van der Waals surface area contributed by atoms with Gasteiger partial charge in [0.1, 0.15) is 35.8 Å². The molecule has 24 heteroatoms. The minimum atomic E-state index is -0.860. The molecule has 2 heterocycles. The van der Waals surface area contributed by atoms with Crippen LogP contribution >= 0.6 is 0 Å². The Hall–Kier alpha value is -10.3. The normalized spacial score (nSPS) is 15.4. The smallest absolute Gasteiger partial charge is 0.329 e. The summed E-state index contributed by atoms with van der Waals surface area (Å²) in [7, 11) is 15.3. The molecule has 2 N–H and O–H groups in total. The summed E-state index contributed by atoms with van der Waals surface area (Å²) < 4.78 is 80.7. The van der Waals surface area contributed by atoms with Crippen molar-refractivity contribution >= 4 is 35.6 Å². The summed E-state index contributed by atoms with van der Waals surface area (Å²) in [5, 5.41) is 5.55. The number of rotatable bonds is 37. The molecule has 4 amide bonds. The van der Waals surface area contributed by atoms with Crippen molar-refractivity contribution in [2.45, 2.75) is 127 Å². The van der Waals surface area contributed by atoms with Crippen LogP contribution in [0.2, 0.25) is 0 Å². The maximum Gasteiger partial charge on any atom is 0.329 e. The number of likely N-dealkylation sites (tertiary alicyclic amines) is 2. The SMILES string of the molecule is CC[C@H](C(=O)N1CCCC[C@@H]1C(=O)O[C@H](CCc1ccc(OC)c(OC)c1)c1cccc(OCC(=O)NCCNC(=O)COc2cccc([C@@H](CCc3ccc(OC)c(OC)c3)OC(=O)[C@H]3CCCCN3C(=O)[C@@H](CC)c3cc(OC)c(OC)c(OC)c3)c2)c1)c1cc(OC)c(OC)c(OC)c1. The van der Waals surface area contributed by atoms with Gasteiger partial charge in [0, 0.05) is 26.2 Å². The predicted molar refractivity (Wildman–Crippen MR) is 380 cm³/mol. The van der Waals surface area contributed by atoms with Gasteiger partial charge in [-0.2, -0.15) is 0 Å². The largest absolute Gasteiger partial charge is 0.493 e. The van der Waals surface area contributed by atoms with Gasteiger partial charge in [0.15, 0.2) is 59.2 Å². The quantitative estimate of drug-likeness (QED) is 0.0271. The minimum absolute atomic E-state index is 0.0705. The van der Waals surface area contributed by atoms with Crippen LogP contribution in [0.15, 0.2) is 109 Å². The van der Waals surface area contributed by atoms with Crippen LogP contribution < -0.4 is 67.5 Å². The third kappa shape index (κ3) is 19.8. The Morgan fingerprint density at radius 1 is 0.412 bits per heavy atom. The number of amides is 4. The Bertz CT molecular complexity index is 3510. The van der Waals surface area contributed by atoms with E-state index in [-0.39, 0.29) is 38.1 Å². The number of benzene rings is 6. The Morgan fingerprint density at radius 2 is 0.775 bits per heavy atom. The molecule has 24 nitrogen and oxygen atoms in total. The number of piperidine rings is 2. The number of hydrogen-bond acceptors (Lipinski definition) is 20. The van der Waals surface area contributed by atoms with Gasteiger partial charge in [-0.1, -0.05) is 50.2 Å². The molecule has 0 radical (unpaired) electrons. The fraction of sp³-hybridized carbons (Fsp3) is 0.462. The first kappa shape index (κ1) is 77.5. The molecule has 6 atom stereocenters. The second kappa shape index (κ2) is 38.5. The summed E-state index contributed by atoms with van der Waals surface area (Å²) in [4.78, 5) is 88.3. The molecular formula is C78H98N4O20. The van der Waals surface area contributed by atoms with Crippen molar-refractivity contribution in [2.75, 3.05) is 110 Å². The number of nitrogens with zero attached hydrogens (tertiary/aromatic N) is 2. The van der Waals surface area contributed by atoms with Gasteiger partial charge in [0.2, 0.25) is 23.3 Å². The molecule has 0 saturated carbocycles. The van der Waals surface area contributed by atoms with Gasteiger partial charge in [-0.05, 0) is 183 Å². The third-order valence-corrected chi connectivity index (χ3v) is 18.5. The third-order valence-electron chi connectivity index (χ3n) is 18.5. The zero-order valence-electron chi connectivity index (χ0n) is 60.6. The maximum absolute atomic E-state index is 14.7. The van der Waals surface area contributed by atoms with Crippen LogP contribution in [0.4, 0.5) is 0 Å². The highest BCUT2D eigenvalue weighted by atomic mass is 16.6. The lowest BCUT2D eigenvalue weighted by molar-refractivity contribution is -0.162. The molecule has 0 aliphatic carbocycles. The average Bonchev–Trinajstić information content (AvgIpc) is 0.796. The van der Waals surface area contributed by atoms with E-state index in [1.54, 1.807) is 98.9 Å². The first-order valence-corrected chi connectivity index (χ1v) is 34.5. The molecule has 550 valence electrons. The summed E-state index contributed by atoms with van der Waals surface area (Å²) >= 11 is 0. The maximum atomic E-state index is 14.7. The molecule has 0 unspecified atom stereocenters. The zero-order valence-corrected chi connectivity index (χ0v) is 60.6. The number of esters is 2. The second-order valence-corrected chi connectivity index (χ2v) is 24.7. The van der Waals surface area contributed by atoms with Crippen molar-refractivity contribution in [2.24, 2.45) is 0 Å². The van der Waals surface area contributed by atoms with E-state index in [9.17, 15) is 28.8 Å². The van der Waals surface area contributed by atoms with Crippen molar-refractivity contribution in [3.05, 3.63) is 143 Å². The second-order valence-electron chi connectivity index (χ2n) is 24.7. The minimum Gasteiger partial charge on any atom is -0.493 e. The molecular weight excluding hydrogens is 1310 g/mol. The van der Waals surface area contributed by atoms with E-state index >= 15 is 0 Å². The molecule has 2 aliphatic rings. The number of aryl methyl sites for hydroxylation is 2. The molecule has 2 saturated heterocycles. The summed E-state index contributed by atoms with van der Waals surface area (Å²) in [6, 6.07) is 30.5. The van der Waals surface area contributed by atoms with Crippen molar-refractivity contribution in [3.8, 4) is 69.0 Å². The Labute approximate surface area is 597 Å². The molecule has 6 aromatic rings. The van der Waals surface area contributed by atoms with Crippen LogP contribution in [0.5, 0.6) is 69.0 Å². The first-order valence-electron chi connectivity index (χ1n) is 34.5. The molecule has 0 spiro atoms. The lowest BCUT2D eigenvalue weighted by atomic mass is 9.91. The number of ether oxygens (including phenoxy) is 14. The van der Waals surface area contributed by atoms with Gasteiger partial charge in [-0.15, -0.1) is 0 Å². The number of nitrogens with one attached hydrogen (secondary N) is 2. The monoisotopic (exact) mass is 1410 g/mol. The van der Waals surface area contributed by atoms with Crippen LogP contribution in [0.25, 0.3) is 0 Å². The molecule has 102 heavy (non-hydrogen) atoms. The van der Waals surface area contributed by atoms with E-state index in [1.165, 1.54) is 42.7 Å². The lowest BCUT2D eigenvalue weighted by Crippen LogP contribution is -2.50. The van der Waals surface area contributed by atoms with Gasteiger partial charge in [0.05, 0.1) is 82.9 Å². The van der Waals surface area contributed by atoms with Crippen molar-refractivity contribution in [3.63, 3.8) is 0 Å². The van der Waals surface area contributed by atoms with Gasteiger partial charge in [0.25, 0.3) is 11.8 Å². The zero-order chi connectivity index (χ0) is 73.2. The summed E-state index contributed by atoms with van der Waals surface area (Å²) in [5.74, 6) is 1.68. The molecule has 6 aromatic carbocycles. The molecule has 0 aromatic heterocycles. The number of hydrogen-bond donors (Lipinski definition) is 2. The summed E-state index contributed by atoms with van der Waals surface area (Å²) in [5.41, 5.74) is 4.34. The van der Waals surface area contributed by atoms with Gasteiger partial charge in [-0.25, -0.2) is 9.59 Å². The highest BCUT2D eigenvalue weighted by Crippen LogP contribution is 2.44. The average molecular weight is 1410 g/mol. The fourth-order valence-electron chi connectivity index (χ4n) is 13.1. The number of carbonyl (C=O) groups excluding carboxylic acids is 6. The van der Waals surface area contributed by atoms with E-state index in [1.807, 2.05) is 62.4 Å². The van der Waals surface area contributed by atoms with Crippen molar-refractivity contribution in [1.82, 2.24) is 20.4 Å². The van der Waals surface area contributed by atoms with Gasteiger partial charge >= 0.3 is 11.9 Å². The van der Waals surface area contributed by atoms with Crippen molar-refractivity contribution in [1.29, 1.82) is 0 Å². The lowest BCUT2D eigenvalue weighted by Gasteiger charge is -2.37.